The number of hydrogen-bond acceptors (Lipinski definition) is 5. The maximum absolute atomic E-state index is 14.3. The predicted molar refractivity (Wildman–Crippen MR) is 98.8 cm³/mol. The first kappa shape index (κ1) is 16.7. The van der Waals surface area contributed by atoms with E-state index in [2.05, 4.69) is 0 Å². The van der Waals surface area contributed by atoms with Crippen LogP contribution in [0.2, 0.25) is 0 Å². The molecule has 5 fully saturated rings. The van der Waals surface area contributed by atoms with Crippen LogP contribution in [-0.2, 0) is 19.7 Å². The van der Waals surface area contributed by atoms with Crippen LogP contribution >= 0.6 is 0 Å². The SMILES string of the molecule is CC(=O)O[C@@H]1[C@H]2[C@H]3C[C@H]4C5=Nc6ccccc6[C@]51C[C@@H]2[N+]4([O-])[C@@H](C)[C@@H]3C(=O)O. The summed E-state index contributed by atoms with van der Waals surface area (Å²) in [5, 5.41) is 24.2. The number of ether oxygens (including phenoxy) is 1. The van der Waals surface area contributed by atoms with Gasteiger partial charge in [-0.05, 0) is 24.5 Å². The second-order valence-electron chi connectivity index (χ2n) is 9.15. The maximum Gasteiger partial charge on any atom is 0.312 e. The van der Waals surface area contributed by atoms with Gasteiger partial charge in [-0.1, -0.05) is 18.2 Å². The van der Waals surface area contributed by atoms with E-state index in [1.807, 2.05) is 24.3 Å². The van der Waals surface area contributed by atoms with Crippen molar-refractivity contribution in [1.29, 1.82) is 0 Å². The number of quaternary nitrogens is 1. The van der Waals surface area contributed by atoms with E-state index in [4.69, 9.17) is 9.73 Å². The summed E-state index contributed by atoms with van der Waals surface area (Å²) in [5.74, 6) is -2.42. The summed E-state index contributed by atoms with van der Waals surface area (Å²) in [5.41, 5.74) is 2.14. The Hall–Kier alpha value is -2.25. The van der Waals surface area contributed by atoms with Crippen LogP contribution in [0.4, 0.5) is 5.69 Å². The molecule has 5 bridgehead atoms. The zero-order valence-corrected chi connectivity index (χ0v) is 15.7. The fraction of sp³-hybridized carbons (Fsp3) is 0.571. The molecular weight excluding hydrogens is 360 g/mol. The Morgan fingerprint density at radius 2 is 2.11 bits per heavy atom. The van der Waals surface area contributed by atoms with Gasteiger partial charge < -0.3 is 19.7 Å². The van der Waals surface area contributed by atoms with Crippen molar-refractivity contribution >= 4 is 23.3 Å². The number of rotatable bonds is 2. The summed E-state index contributed by atoms with van der Waals surface area (Å²) >= 11 is 0. The number of hydrogen-bond donors (Lipinski definition) is 1. The Bertz CT molecular complexity index is 975. The minimum atomic E-state index is -0.912. The van der Waals surface area contributed by atoms with Gasteiger partial charge in [0.15, 0.2) is 0 Å². The minimum absolute atomic E-state index is 0.166. The first-order chi connectivity index (χ1) is 13.3. The van der Waals surface area contributed by atoms with Gasteiger partial charge in [-0.3, -0.25) is 14.6 Å². The Balaban J connectivity index is 1.63. The highest BCUT2D eigenvalue weighted by atomic mass is 16.6. The molecule has 0 aromatic heterocycles. The van der Waals surface area contributed by atoms with Crippen LogP contribution in [0.1, 0.15) is 32.3 Å². The molecule has 1 unspecified atom stereocenters. The van der Waals surface area contributed by atoms with Crippen molar-refractivity contribution in [2.45, 2.75) is 56.3 Å². The molecule has 9 atom stereocenters. The topological polar surface area (TPSA) is 99.0 Å². The van der Waals surface area contributed by atoms with Crippen molar-refractivity contribution < 1.29 is 24.1 Å². The minimum Gasteiger partial charge on any atom is -0.632 e. The lowest BCUT2D eigenvalue weighted by Gasteiger charge is -2.69. The smallest absolute Gasteiger partial charge is 0.312 e. The molecule has 7 heteroatoms. The lowest BCUT2D eigenvalue weighted by atomic mass is 9.61. The molecular formula is C21H22N2O5. The lowest BCUT2D eigenvalue weighted by molar-refractivity contribution is -0.966. The van der Waals surface area contributed by atoms with E-state index in [0.29, 0.717) is 12.8 Å². The average molecular weight is 382 g/mol. The number of carboxylic acids is 1. The van der Waals surface area contributed by atoms with Gasteiger partial charge in [-0.15, -0.1) is 0 Å². The van der Waals surface area contributed by atoms with Gasteiger partial charge in [0, 0.05) is 19.8 Å². The van der Waals surface area contributed by atoms with Crippen LogP contribution < -0.4 is 0 Å². The van der Waals surface area contributed by atoms with Gasteiger partial charge in [0.25, 0.3) is 0 Å². The monoisotopic (exact) mass is 382 g/mol. The van der Waals surface area contributed by atoms with E-state index in [9.17, 15) is 19.9 Å². The quantitative estimate of drug-likeness (QED) is 0.480. The van der Waals surface area contributed by atoms with Crippen LogP contribution in [0.5, 0.6) is 0 Å². The normalized spacial score (nSPS) is 48.8. The predicted octanol–water partition coefficient (Wildman–Crippen LogP) is 2.15. The summed E-state index contributed by atoms with van der Waals surface area (Å²) in [6.45, 7) is 3.18. The fourth-order valence-corrected chi connectivity index (χ4v) is 7.68. The molecule has 4 saturated heterocycles. The van der Waals surface area contributed by atoms with Gasteiger partial charge in [-0.25, -0.2) is 0 Å². The van der Waals surface area contributed by atoms with Gasteiger partial charge in [-0.2, -0.15) is 0 Å². The standard InChI is InChI=1S/C21H22N2O5/c1-9-16(20(25)26)11-7-14-18-21(12-5-3-4-6-13(12)22-18)8-15(23(9,14)27)17(11)19(21)28-10(2)24/h3-6,9,11,14-17,19H,7-8H2,1-2H3,(H,25,26)/t9-,11-,14-,15-,16-,17-,19+,21+,23?/m0/s1. The third-order valence-corrected chi connectivity index (χ3v) is 8.40. The van der Waals surface area contributed by atoms with Crippen molar-refractivity contribution in [1.82, 2.24) is 0 Å². The number of benzene rings is 1. The Morgan fingerprint density at radius 3 is 2.82 bits per heavy atom. The molecule has 1 aromatic carbocycles. The molecule has 1 saturated carbocycles. The second-order valence-corrected chi connectivity index (χ2v) is 9.15. The molecule has 1 N–H and O–H groups in total. The van der Waals surface area contributed by atoms with Crippen molar-refractivity contribution in [3.05, 3.63) is 35.0 Å². The maximum atomic E-state index is 14.3. The van der Waals surface area contributed by atoms with Crippen LogP contribution in [-0.4, -0.2) is 51.6 Å². The van der Waals surface area contributed by atoms with E-state index in [-0.39, 0.29) is 29.9 Å². The van der Waals surface area contributed by atoms with Gasteiger partial charge in [0.05, 0.1) is 28.8 Å². The molecule has 7 nitrogen and oxygen atoms in total. The van der Waals surface area contributed by atoms with E-state index in [1.165, 1.54) is 6.92 Å². The van der Waals surface area contributed by atoms with E-state index in [1.54, 1.807) is 6.92 Å². The van der Waals surface area contributed by atoms with Gasteiger partial charge in [0.1, 0.15) is 24.1 Å². The summed E-state index contributed by atoms with van der Waals surface area (Å²) in [4.78, 5) is 29.1. The number of carboxylic acid groups (broad SMARTS) is 1. The molecule has 1 aliphatic carbocycles. The second kappa shape index (κ2) is 4.83. The summed E-state index contributed by atoms with van der Waals surface area (Å²) in [6.07, 6.45) is 0.576. The third-order valence-electron chi connectivity index (χ3n) is 8.40. The van der Waals surface area contributed by atoms with Crippen LogP contribution in [0.25, 0.3) is 0 Å². The highest BCUT2D eigenvalue weighted by Crippen LogP contribution is 2.69. The number of aliphatic imine (C=N–C) groups is 1. The van der Waals surface area contributed by atoms with Crippen molar-refractivity contribution in [3.63, 3.8) is 0 Å². The van der Waals surface area contributed by atoms with Crippen LogP contribution in [0, 0.1) is 23.0 Å². The molecule has 1 aromatic rings. The molecule has 7 rings (SSSR count). The van der Waals surface area contributed by atoms with E-state index in [0.717, 1.165) is 17.0 Å². The van der Waals surface area contributed by atoms with E-state index < -0.39 is 34.1 Å². The highest BCUT2D eigenvalue weighted by molar-refractivity contribution is 6.07. The average Bonchev–Trinajstić information content (AvgIpc) is 3.10. The number of carbonyl (C=O) groups is 2. The Kier molecular flexibility index (Phi) is 2.88. The summed E-state index contributed by atoms with van der Waals surface area (Å²) in [6, 6.07) is 6.75. The first-order valence-corrected chi connectivity index (χ1v) is 9.99. The Labute approximate surface area is 162 Å². The number of esters is 1. The lowest BCUT2D eigenvalue weighted by Crippen LogP contribution is -2.78. The molecule has 6 aliphatic rings. The molecule has 5 aliphatic heterocycles. The highest BCUT2D eigenvalue weighted by Gasteiger charge is 2.80. The molecule has 0 amide bonds. The number of aliphatic carboxylic acids is 1. The molecule has 1 spiro atoms. The molecule has 0 radical (unpaired) electrons. The summed E-state index contributed by atoms with van der Waals surface area (Å²) < 4.78 is 5.39. The number of piperidine rings is 4. The zero-order chi connectivity index (χ0) is 19.6. The first-order valence-electron chi connectivity index (χ1n) is 9.99. The van der Waals surface area contributed by atoms with Gasteiger partial charge in [0.2, 0.25) is 0 Å². The Morgan fingerprint density at radius 1 is 1.36 bits per heavy atom. The third kappa shape index (κ3) is 1.53. The van der Waals surface area contributed by atoms with Crippen LogP contribution in [0.3, 0.4) is 0 Å². The number of carbonyl (C=O) groups excluding carboxylic acids is 1. The number of fused-ring (bicyclic) bond motifs is 2. The number of nitrogens with zero attached hydrogens (tertiary/aromatic N) is 2. The van der Waals surface area contributed by atoms with Crippen LogP contribution in [0.15, 0.2) is 29.3 Å². The van der Waals surface area contributed by atoms with Crippen molar-refractivity contribution in [2.75, 3.05) is 0 Å². The number of hydroxylamine groups is 3. The molecule has 5 heterocycles. The van der Waals surface area contributed by atoms with Crippen molar-refractivity contribution in [2.24, 2.45) is 22.7 Å². The number of para-hydroxylation sites is 1. The summed E-state index contributed by atoms with van der Waals surface area (Å²) in [7, 11) is 0. The fourth-order valence-electron chi connectivity index (χ4n) is 7.68. The van der Waals surface area contributed by atoms with Crippen molar-refractivity contribution in [3.8, 4) is 0 Å². The van der Waals surface area contributed by atoms with E-state index >= 15 is 0 Å². The zero-order valence-electron chi connectivity index (χ0n) is 15.7. The largest absolute Gasteiger partial charge is 0.632 e. The van der Waals surface area contributed by atoms with Gasteiger partial charge >= 0.3 is 11.9 Å². The molecule has 146 valence electrons. The molecule has 28 heavy (non-hydrogen) atoms.